The fourth-order valence-electron chi connectivity index (χ4n) is 2.85. The van der Waals surface area contributed by atoms with Gasteiger partial charge in [0.15, 0.2) is 6.54 Å². The molecule has 10 heteroatoms. The lowest BCUT2D eigenvalue weighted by molar-refractivity contribution is -0.151. The number of hydrogen-bond donors (Lipinski definition) is 1. The summed E-state index contributed by atoms with van der Waals surface area (Å²) in [6.07, 6.45) is -7.48. The monoisotopic (exact) mass is 406 g/mol. The Bertz CT molecular complexity index is 641. The number of ether oxygens (including phenoxy) is 1. The molecule has 0 fully saturated rings. The van der Waals surface area contributed by atoms with Gasteiger partial charge in [0.05, 0.1) is 12.0 Å². The van der Waals surface area contributed by atoms with E-state index < -0.39 is 49.5 Å². The van der Waals surface area contributed by atoms with Gasteiger partial charge in [-0.25, -0.2) is 17.6 Å². The van der Waals surface area contributed by atoms with Crippen molar-refractivity contribution >= 4 is 17.6 Å². The van der Waals surface area contributed by atoms with Crippen LogP contribution < -0.4 is 5.32 Å². The van der Waals surface area contributed by atoms with Gasteiger partial charge in [0.25, 0.3) is 0 Å². The third-order valence-electron chi connectivity index (χ3n) is 4.17. The SMILES string of the molecule is CCOC(=O)C(CCC(F)F)(CCC(F)F)c1ccc(NC(=O)CN=O)cc1. The first-order chi connectivity index (χ1) is 13.2. The molecule has 0 saturated carbocycles. The number of esters is 1. The smallest absolute Gasteiger partial charge is 0.316 e. The predicted octanol–water partition coefficient (Wildman–Crippen LogP) is 4.28. The van der Waals surface area contributed by atoms with E-state index in [1.165, 1.54) is 31.2 Å². The van der Waals surface area contributed by atoms with Crippen molar-refractivity contribution in [3.05, 3.63) is 34.7 Å². The minimum absolute atomic E-state index is 0.0310. The van der Waals surface area contributed by atoms with E-state index in [-0.39, 0.29) is 30.7 Å². The standard InChI is InChI=1S/C18H22F4N2O4/c1-2-28-17(26)18(9-7-14(19)20,10-8-15(21)22)12-3-5-13(6-4-12)24-16(25)11-23-27/h3-6,14-15H,2,7-11H2,1H3,(H,24,25). The van der Waals surface area contributed by atoms with Crippen LogP contribution in [0.3, 0.4) is 0 Å². The summed E-state index contributed by atoms with van der Waals surface area (Å²) in [6, 6.07) is 5.54. The van der Waals surface area contributed by atoms with Gasteiger partial charge >= 0.3 is 5.97 Å². The van der Waals surface area contributed by atoms with Gasteiger partial charge in [-0.3, -0.25) is 9.59 Å². The number of nitroso groups, excluding NO2 is 1. The minimum atomic E-state index is -2.71. The van der Waals surface area contributed by atoms with Crippen LogP contribution in [0.1, 0.15) is 38.2 Å². The molecule has 0 aromatic heterocycles. The molecule has 0 aliphatic rings. The summed E-state index contributed by atoms with van der Waals surface area (Å²) in [5.41, 5.74) is -1.15. The van der Waals surface area contributed by atoms with E-state index in [1.54, 1.807) is 0 Å². The number of nitrogens with one attached hydrogen (secondary N) is 1. The lowest BCUT2D eigenvalue weighted by Crippen LogP contribution is -2.38. The van der Waals surface area contributed by atoms with Crippen molar-refractivity contribution < 1.29 is 31.9 Å². The van der Waals surface area contributed by atoms with Crippen LogP contribution in [0.5, 0.6) is 0 Å². The Balaban J connectivity index is 3.23. The van der Waals surface area contributed by atoms with E-state index in [0.717, 1.165) is 0 Å². The molecule has 1 amide bonds. The second-order valence-electron chi connectivity index (χ2n) is 6.07. The topological polar surface area (TPSA) is 84.8 Å². The second kappa shape index (κ2) is 11.4. The van der Waals surface area contributed by atoms with Crippen LogP contribution in [0.4, 0.5) is 23.2 Å². The lowest BCUT2D eigenvalue weighted by atomic mass is 9.73. The number of carbonyl (C=O) groups is 2. The van der Waals surface area contributed by atoms with Gasteiger partial charge in [0.1, 0.15) is 0 Å². The molecule has 1 aromatic rings. The summed E-state index contributed by atoms with van der Waals surface area (Å²) in [6.45, 7) is 0.913. The molecule has 1 rings (SSSR count). The molecule has 0 unspecified atom stereocenters. The van der Waals surface area contributed by atoms with Crippen LogP contribution in [-0.4, -0.2) is 37.9 Å². The number of amides is 1. The first-order valence-corrected chi connectivity index (χ1v) is 8.68. The molecule has 1 N–H and O–H groups in total. The summed E-state index contributed by atoms with van der Waals surface area (Å²) in [7, 11) is 0. The highest BCUT2D eigenvalue weighted by molar-refractivity contribution is 5.92. The Labute approximate surface area is 159 Å². The molecule has 0 spiro atoms. The summed E-state index contributed by atoms with van der Waals surface area (Å²) < 4.78 is 56.3. The number of alkyl halides is 4. The van der Waals surface area contributed by atoms with Gasteiger partial charge in [0, 0.05) is 18.5 Å². The zero-order valence-corrected chi connectivity index (χ0v) is 15.3. The van der Waals surface area contributed by atoms with E-state index in [1.807, 2.05) is 0 Å². The summed E-state index contributed by atoms with van der Waals surface area (Å²) in [5, 5.41) is 4.84. The number of carbonyl (C=O) groups excluding carboxylic acids is 2. The maximum absolute atomic E-state index is 12.8. The molecule has 0 aliphatic carbocycles. The second-order valence-corrected chi connectivity index (χ2v) is 6.07. The molecule has 28 heavy (non-hydrogen) atoms. The van der Waals surface area contributed by atoms with Crippen molar-refractivity contribution in [2.24, 2.45) is 5.18 Å². The number of halogens is 4. The molecule has 0 aliphatic heterocycles. The molecule has 0 atom stereocenters. The number of anilines is 1. The van der Waals surface area contributed by atoms with E-state index in [4.69, 9.17) is 4.74 Å². The van der Waals surface area contributed by atoms with Crippen molar-refractivity contribution in [2.45, 2.75) is 50.9 Å². The van der Waals surface area contributed by atoms with E-state index in [0.29, 0.717) is 0 Å². The fourth-order valence-corrected chi connectivity index (χ4v) is 2.85. The van der Waals surface area contributed by atoms with Crippen LogP contribution in [-0.2, 0) is 19.7 Å². The van der Waals surface area contributed by atoms with E-state index in [2.05, 4.69) is 10.5 Å². The predicted molar refractivity (Wildman–Crippen MR) is 94.5 cm³/mol. The maximum Gasteiger partial charge on any atom is 0.316 e. The largest absolute Gasteiger partial charge is 0.465 e. The highest BCUT2D eigenvalue weighted by Crippen LogP contribution is 2.38. The molecule has 0 radical (unpaired) electrons. The molecule has 0 heterocycles. The molecule has 0 saturated heterocycles. The van der Waals surface area contributed by atoms with Crippen LogP contribution in [0.2, 0.25) is 0 Å². The Kier molecular flexibility index (Phi) is 9.54. The summed E-state index contributed by atoms with van der Waals surface area (Å²) in [5.74, 6) is -1.51. The van der Waals surface area contributed by atoms with Crippen molar-refractivity contribution in [1.29, 1.82) is 0 Å². The highest BCUT2D eigenvalue weighted by Gasteiger charge is 2.42. The van der Waals surface area contributed by atoms with Crippen molar-refractivity contribution in [1.82, 2.24) is 0 Å². The molecule has 156 valence electrons. The average Bonchev–Trinajstić information content (AvgIpc) is 2.63. The van der Waals surface area contributed by atoms with E-state index in [9.17, 15) is 32.1 Å². The van der Waals surface area contributed by atoms with Crippen molar-refractivity contribution in [3.63, 3.8) is 0 Å². The van der Waals surface area contributed by atoms with Gasteiger partial charge in [-0.15, -0.1) is 0 Å². The lowest BCUT2D eigenvalue weighted by Gasteiger charge is -2.32. The van der Waals surface area contributed by atoms with Gasteiger partial charge in [0.2, 0.25) is 18.8 Å². The fraction of sp³-hybridized carbons (Fsp3) is 0.556. The molecule has 0 bridgehead atoms. The van der Waals surface area contributed by atoms with Gasteiger partial charge < -0.3 is 10.1 Å². The number of nitrogens with zero attached hydrogens (tertiary/aromatic N) is 1. The summed E-state index contributed by atoms with van der Waals surface area (Å²) in [4.78, 5) is 34.1. The van der Waals surface area contributed by atoms with Crippen LogP contribution in [0, 0.1) is 4.91 Å². The first-order valence-electron chi connectivity index (χ1n) is 8.68. The third kappa shape index (κ3) is 6.90. The van der Waals surface area contributed by atoms with E-state index >= 15 is 0 Å². The number of hydrogen-bond acceptors (Lipinski definition) is 5. The van der Waals surface area contributed by atoms with Gasteiger partial charge in [-0.1, -0.05) is 17.3 Å². The average molecular weight is 406 g/mol. The molecule has 6 nitrogen and oxygen atoms in total. The Hall–Kier alpha value is -2.52. The third-order valence-corrected chi connectivity index (χ3v) is 4.17. The Morgan fingerprint density at radius 3 is 2.04 bits per heavy atom. The van der Waals surface area contributed by atoms with Crippen molar-refractivity contribution in [2.75, 3.05) is 18.5 Å². The van der Waals surface area contributed by atoms with Crippen LogP contribution >= 0.6 is 0 Å². The summed E-state index contributed by atoms with van der Waals surface area (Å²) >= 11 is 0. The van der Waals surface area contributed by atoms with Gasteiger partial charge in [-0.05, 0) is 37.5 Å². The minimum Gasteiger partial charge on any atom is -0.465 e. The van der Waals surface area contributed by atoms with Gasteiger partial charge in [-0.2, -0.15) is 4.91 Å². The maximum atomic E-state index is 12.8. The van der Waals surface area contributed by atoms with Crippen LogP contribution in [0.25, 0.3) is 0 Å². The zero-order chi connectivity index (χ0) is 21.2. The normalized spacial score (nSPS) is 11.5. The zero-order valence-electron chi connectivity index (χ0n) is 15.3. The Morgan fingerprint density at radius 2 is 1.61 bits per heavy atom. The molecule has 1 aromatic carbocycles. The van der Waals surface area contributed by atoms with Crippen molar-refractivity contribution in [3.8, 4) is 0 Å². The molecular formula is C18H22F4N2O4. The molecular weight excluding hydrogens is 384 g/mol. The quantitative estimate of drug-likeness (QED) is 0.319. The Morgan fingerprint density at radius 1 is 1.07 bits per heavy atom. The highest BCUT2D eigenvalue weighted by atomic mass is 19.3. The first kappa shape index (κ1) is 23.5. The van der Waals surface area contributed by atoms with Crippen LogP contribution in [0.15, 0.2) is 29.4 Å². The number of benzene rings is 1. The number of rotatable bonds is 12.